The van der Waals surface area contributed by atoms with E-state index >= 15 is 0 Å². The molecular weight excluding hydrogens is 380 g/mol. The second-order valence-corrected chi connectivity index (χ2v) is 6.28. The summed E-state index contributed by atoms with van der Waals surface area (Å²) in [5.74, 6) is -0.337. The molecule has 6 heteroatoms. The van der Waals surface area contributed by atoms with Crippen molar-refractivity contribution in [3.05, 3.63) is 57.5 Å². The summed E-state index contributed by atoms with van der Waals surface area (Å²) in [6, 6.07) is 12.0. The molecule has 0 unspecified atom stereocenters. The van der Waals surface area contributed by atoms with Crippen molar-refractivity contribution in [1.82, 2.24) is 0 Å². The van der Waals surface area contributed by atoms with Crippen LogP contribution in [0.5, 0.6) is 0 Å². The van der Waals surface area contributed by atoms with Gasteiger partial charge in [0.15, 0.2) is 0 Å². The van der Waals surface area contributed by atoms with Crippen molar-refractivity contribution < 1.29 is 9.59 Å². The predicted molar refractivity (Wildman–Crippen MR) is 97.1 cm³/mol. The Balaban J connectivity index is 2.13. The van der Waals surface area contributed by atoms with E-state index in [1.54, 1.807) is 42.5 Å². The molecule has 2 rings (SSSR count). The van der Waals surface area contributed by atoms with E-state index in [-0.39, 0.29) is 11.8 Å². The average Bonchev–Trinajstić information content (AvgIpc) is 2.51. The third-order valence-electron chi connectivity index (χ3n) is 3.08. The maximum atomic E-state index is 12.2. The molecule has 2 aromatic carbocycles. The molecule has 0 aliphatic rings. The molecule has 0 heterocycles. The van der Waals surface area contributed by atoms with Gasteiger partial charge in [-0.15, -0.1) is 0 Å². The fourth-order valence-corrected chi connectivity index (χ4v) is 2.37. The predicted octanol–water partition coefficient (Wildman–Crippen LogP) is 5.09. The van der Waals surface area contributed by atoms with Crippen LogP contribution >= 0.6 is 27.5 Å². The second-order valence-electron chi connectivity index (χ2n) is 4.95. The van der Waals surface area contributed by atoms with Crippen LogP contribution in [0, 0.1) is 0 Å². The van der Waals surface area contributed by atoms with Crippen LogP contribution in [0.1, 0.15) is 30.1 Å². The van der Waals surface area contributed by atoms with Crippen molar-refractivity contribution >= 4 is 50.7 Å². The second kappa shape index (κ2) is 8.13. The SMILES string of the molecule is CCCC(=O)Nc1ccc(Cl)c(NC(=O)c2ccc(Br)cc2)c1. The van der Waals surface area contributed by atoms with Gasteiger partial charge in [-0.05, 0) is 48.9 Å². The van der Waals surface area contributed by atoms with Crippen LogP contribution in [0.15, 0.2) is 46.9 Å². The summed E-state index contributed by atoms with van der Waals surface area (Å²) < 4.78 is 0.896. The zero-order valence-corrected chi connectivity index (χ0v) is 14.9. The topological polar surface area (TPSA) is 58.2 Å². The quantitative estimate of drug-likeness (QED) is 0.740. The molecule has 23 heavy (non-hydrogen) atoms. The zero-order chi connectivity index (χ0) is 16.8. The molecule has 2 amide bonds. The van der Waals surface area contributed by atoms with Crippen LogP contribution in [0.4, 0.5) is 11.4 Å². The van der Waals surface area contributed by atoms with Crippen molar-refractivity contribution in [2.45, 2.75) is 19.8 Å². The van der Waals surface area contributed by atoms with Crippen LogP contribution < -0.4 is 10.6 Å². The number of amides is 2. The van der Waals surface area contributed by atoms with Crippen LogP contribution in [0.25, 0.3) is 0 Å². The summed E-state index contributed by atoms with van der Waals surface area (Å²) >= 11 is 9.44. The molecule has 0 radical (unpaired) electrons. The Morgan fingerprint density at radius 2 is 1.78 bits per heavy atom. The summed E-state index contributed by atoms with van der Waals surface area (Å²) in [7, 11) is 0. The monoisotopic (exact) mass is 394 g/mol. The maximum absolute atomic E-state index is 12.2. The van der Waals surface area contributed by atoms with Crippen molar-refractivity contribution in [3.63, 3.8) is 0 Å². The fraction of sp³-hybridized carbons (Fsp3) is 0.176. The smallest absolute Gasteiger partial charge is 0.255 e. The lowest BCUT2D eigenvalue weighted by Gasteiger charge is -2.10. The highest BCUT2D eigenvalue weighted by Gasteiger charge is 2.10. The Morgan fingerprint density at radius 1 is 1.09 bits per heavy atom. The van der Waals surface area contributed by atoms with Gasteiger partial charge < -0.3 is 10.6 Å². The van der Waals surface area contributed by atoms with Crippen LogP contribution in [0.3, 0.4) is 0 Å². The summed E-state index contributed by atoms with van der Waals surface area (Å²) in [6.07, 6.45) is 1.22. The third-order valence-corrected chi connectivity index (χ3v) is 3.94. The largest absolute Gasteiger partial charge is 0.326 e. The number of carbonyl (C=O) groups is 2. The molecule has 0 fully saturated rings. The van der Waals surface area contributed by atoms with Gasteiger partial charge in [-0.1, -0.05) is 34.5 Å². The normalized spacial score (nSPS) is 10.2. The van der Waals surface area contributed by atoms with Crippen LogP contribution in [-0.2, 0) is 4.79 Å². The fourth-order valence-electron chi connectivity index (χ4n) is 1.95. The van der Waals surface area contributed by atoms with Gasteiger partial charge in [-0.25, -0.2) is 0 Å². The first-order valence-corrected chi connectivity index (χ1v) is 8.33. The number of anilines is 2. The Kier molecular flexibility index (Phi) is 6.19. The Hall–Kier alpha value is -1.85. The van der Waals surface area contributed by atoms with Crippen LogP contribution in [-0.4, -0.2) is 11.8 Å². The number of rotatable bonds is 5. The summed E-state index contributed by atoms with van der Waals surface area (Å²) in [4.78, 5) is 23.9. The number of hydrogen-bond donors (Lipinski definition) is 2. The Morgan fingerprint density at radius 3 is 2.43 bits per heavy atom. The lowest BCUT2D eigenvalue weighted by molar-refractivity contribution is -0.116. The van der Waals surface area contributed by atoms with Crippen molar-refractivity contribution in [2.24, 2.45) is 0 Å². The first-order chi connectivity index (χ1) is 11.0. The van der Waals surface area contributed by atoms with Gasteiger partial charge in [-0.3, -0.25) is 9.59 Å². The molecule has 0 aliphatic heterocycles. The van der Waals surface area contributed by atoms with E-state index < -0.39 is 0 Å². The third kappa shape index (κ3) is 5.08. The van der Waals surface area contributed by atoms with Gasteiger partial charge in [0.2, 0.25) is 5.91 Å². The number of nitrogens with one attached hydrogen (secondary N) is 2. The molecule has 4 nitrogen and oxygen atoms in total. The minimum atomic E-state index is -0.267. The number of benzene rings is 2. The van der Waals surface area contributed by atoms with Crippen molar-refractivity contribution in [2.75, 3.05) is 10.6 Å². The standard InChI is InChI=1S/C17H16BrClN2O2/c1-2-3-16(22)20-13-8-9-14(19)15(10-13)21-17(23)11-4-6-12(18)7-5-11/h4-10H,2-3H2,1H3,(H,20,22)(H,21,23). The molecule has 0 bridgehead atoms. The lowest BCUT2D eigenvalue weighted by atomic mass is 10.2. The molecule has 120 valence electrons. The Labute approximate surface area is 148 Å². The zero-order valence-electron chi connectivity index (χ0n) is 12.5. The highest BCUT2D eigenvalue weighted by atomic mass is 79.9. The van der Waals surface area contributed by atoms with Crippen molar-refractivity contribution in [3.8, 4) is 0 Å². The van der Waals surface area contributed by atoms with E-state index in [1.165, 1.54) is 0 Å². The molecule has 0 aromatic heterocycles. The Bertz CT molecular complexity index is 717. The first-order valence-electron chi connectivity index (χ1n) is 7.16. The molecule has 0 atom stereocenters. The van der Waals surface area contributed by atoms with Gasteiger partial charge in [-0.2, -0.15) is 0 Å². The highest BCUT2D eigenvalue weighted by molar-refractivity contribution is 9.10. The summed E-state index contributed by atoms with van der Waals surface area (Å²) in [6.45, 7) is 1.94. The van der Waals surface area contributed by atoms with Gasteiger partial charge >= 0.3 is 0 Å². The minimum Gasteiger partial charge on any atom is -0.326 e. The molecule has 0 saturated carbocycles. The molecule has 0 spiro atoms. The average molecular weight is 396 g/mol. The molecule has 0 saturated heterocycles. The van der Waals surface area contributed by atoms with E-state index in [4.69, 9.17) is 11.6 Å². The van der Waals surface area contributed by atoms with E-state index in [2.05, 4.69) is 26.6 Å². The van der Waals surface area contributed by atoms with E-state index in [0.29, 0.717) is 28.4 Å². The molecule has 2 aromatic rings. The lowest BCUT2D eigenvalue weighted by Crippen LogP contribution is -2.14. The molecule has 0 aliphatic carbocycles. The summed E-state index contributed by atoms with van der Waals surface area (Å²) in [5, 5.41) is 5.94. The van der Waals surface area contributed by atoms with E-state index in [9.17, 15) is 9.59 Å². The van der Waals surface area contributed by atoms with Gasteiger partial charge in [0, 0.05) is 22.1 Å². The highest BCUT2D eigenvalue weighted by Crippen LogP contribution is 2.26. The molecular formula is C17H16BrClN2O2. The van der Waals surface area contributed by atoms with Gasteiger partial charge in [0.05, 0.1) is 10.7 Å². The number of halogens is 2. The molecule has 2 N–H and O–H groups in total. The summed E-state index contributed by atoms with van der Waals surface area (Å²) in [5.41, 5.74) is 1.57. The number of carbonyl (C=O) groups excluding carboxylic acids is 2. The maximum Gasteiger partial charge on any atom is 0.255 e. The van der Waals surface area contributed by atoms with Crippen molar-refractivity contribution in [1.29, 1.82) is 0 Å². The van der Waals surface area contributed by atoms with Gasteiger partial charge in [0.1, 0.15) is 0 Å². The first kappa shape index (κ1) is 17.5. The number of hydrogen-bond acceptors (Lipinski definition) is 2. The van der Waals surface area contributed by atoms with Crippen LogP contribution in [0.2, 0.25) is 5.02 Å². The minimum absolute atomic E-state index is 0.0694. The van der Waals surface area contributed by atoms with E-state index in [1.807, 2.05) is 6.92 Å². The van der Waals surface area contributed by atoms with E-state index in [0.717, 1.165) is 10.9 Å². The van der Waals surface area contributed by atoms with Gasteiger partial charge in [0.25, 0.3) is 5.91 Å².